The third-order valence-electron chi connectivity index (χ3n) is 5.92. The maximum Gasteiger partial charge on any atom is 0.358 e. The average Bonchev–Trinajstić information content (AvgIpc) is 2.85. The third kappa shape index (κ3) is 6.48. The number of allylic oxidation sites excluding steroid dienone is 3. The van der Waals surface area contributed by atoms with Crippen LogP contribution in [-0.4, -0.2) is 66.2 Å². The van der Waals surface area contributed by atoms with Crippen LogP contribution in [0.4, 0.5) is 5.69 Å². The maximum atomic E-state index is 12.6. The second-order valence-electron chi connectivity index (χ2n) is 8.36. The largest absolute Gasteiger partial charge is 0.377 e. The molecule has 2 aliphatic heterocycles. The number of aryl methyl sites for hydroxylation is 1. The van der Waals surface area contributed by atoms with Crippen LogP contribution in [-0.2, 0) is 11.8 Å². The summed E-state index contributed by atoms with van der Waals surface area (Å²) in [7, 11) is 4.05. The molecule has 2 aromatic rings. The Hall–Kier alpha value is -3.06. The Morgan fingerprint density at radius 1 is 1.15 bits per heavy atom. The van der Waals surface area contributed by atoms with E-state index in [1.165, 1.54) is 16.8 Å². The number of nitrogens with zero attached hydrogens (tertiary/aromatic N) is 5. The van der Waals surface area contributed by atoms with Crippen LogP contribution in [0.2, 0.25) is 0 Å². The fourth-order valence-electron chi connectivity index (χ4n) is 3.87. The first kappa shape index (κ1) is 23.1. The van der Waals surface area contributed by atoms with E-state index >= 15 is 0 Å². The number of aromatic nitrogens is 2. The molecule has 0 saturated carbocycles. The van der Waals surface area contributed by atoms with Crippen molar-refractivity contribution in [2.75, 3.05) is 50.4 Å². The van der Waals surface area contributed by atoms with Crippen molar-refractivity contribution in [1.82, 2.24) is 14.8 Å². The zero-order valence-electron chi connectivity index (χ0n) is 19.4. The molecular weight excluding hydrogens is 430 g/mol. The number of carbonyl (C=O) groups is 1. The lowest BCUT2D eigenvalue weighted by Crippen LogP contribution is -2.48. The van der Waals surface area contributed by atoms with Crippen LogP contribution >= 0.6 is 11.8 Å². The van der Waals surface area contributed by atoms with Crippen molar-refractivity contribution in [2.24, 2.45) is 7.05 Å². The third-order valence-corrected chi connectivity index (χ3v) is 6.98. The Labute approximate surface area is 200 Å². The minimum Gasteiger partial charge on any atom is -0.377 e. The Kier molecular flexibility index (Phi) is 7.83. The van der Waals surface area contributed by atoms with Gasteiger partial charge in [-0.1, -0.05) is 30.4 Å². The van der Waals surface area contributed by atoms with Gasteiger partial charge in [0.2, 0.25) is 5.91 Å². The molecule has 0 bridgehead atoms. The minimum absolute atomic E-state index is 0.235. The quantitative estimate of drug-likeness (QED) is 0.359. The molecule has 1 fully saturated rings. The summed E-state index contributed by atoms with van der Waals surface area (Å²) >= 11 is 1.63. The number of thioether (sulfide) groups is 1. The lowest BCUT2D eigenvalue weighted by atomic mass is 10.1. The number of benzene rings is 1. The predicted octanol–water partition coefficient (Wildman–Crippen LogP) is 3.14. The smallest absolute Gasteiger partial charge is 0.358 e. The molecule has 1 aromatic heterocycles. The van der Waals surface area contributed by atoms with Crippen LogP contribution in [0.15, 0.2) is 77.9 Å². The average molecular weight is 463 g/mol. The summed E-state index contributed by atoms with van der Waals surface area (Å²) in [4.78, 5) is 23.5. The summed E-state index contributed by atoms with van der Waals surface area (Å²) in [5.74, 6) is 0.987. The number of anilines is 1. The van der Waals surface area contributed by atoms with Gasteiger partial charge in [0.25, 0.3) is 0 Å². The van der Waals surface area contributed by atoms with Gasteiger partial charge in [0, 0.05) is 63.7 Å². The number of piperazine rings is 1. The lowest BCUT2D eigenvalue weighted by Gasteiger charge is -2.36. The van der Waals surface area contributed by atoms with E-state index in [0.717, 1.165) is 43.6 Å². The molecule has 0 aliphatic carbocycles. The van der Waals surface area contributed by atoms with E-state index in [1.54, 1.807) is 18.0 Å². The van der Waals surface area contributed by atoms with E-state index in [9.17, 15) is 4.79 Å². The summed E-state index contributed by atoms with van der Waals surface area (Å²) in [6.45, 7) is 4.24. The number of rotatable bonds is 7. The van der Waals surface area contributed by atoms with Crippen molar-refractivity contribution in [3.05, 3.63) is 78.3 Å². The molecule has 2 aliphatic rings. The molecule has 0 N–H and O–H groups in total. The zero-order valence-corrected chi connectivity index (χ0v) is 20.2. The van der Waals surface area contributed by atoms with Gasteiger partial charge in [0.1, 0.15) is 6.20 Å². The Morgan fingerprint density at radius 2 is 1.94 bits per heavy atom. The molecule has 7 heteroatoms. The summed E-state index contributed by atoms with van der Waals surface area (Å²) in [5, 5.41) is 0.938. The standard InChI is InChI=1S/C26H32N5OS/c1-28-15-10-23(11-16-28)5-4-22-6-8-24(9-7-22)30-17-19-31(20-18-30)25(32)12-21-33-26-27-13-3-14-29(26)2/h3-11,13-15H,12,16-21H2,1-2H3/q+1/b5-4+. The fraction of sp³-hybridized carbons (Fsp3) is 0.346. The Balaban J connectivity index is 1.22. The van der Waals surface area contributed by atoms with E-state index < -0.39 is 0 Å². The summed E-state index contributed by atoms with van der Waals surface area (Å²) in [6.07, 6.45) is 15.1. The molecule has 1 amide bonds. The van der Waals surface area contributed by atoms with E-state index in [1.807, 2.05) is 28.8 Å². The van der Waals surface area contributed by atoms with Gasteiger partial charge in [0.15, 0.2) is 0 Å². The summed E-state index contributed by atoms with van der Waals surface area (Å²) < 4.78 is 1.98. The van der Waals surface area contributed by atoms with Crippen molar-refractivity contribution in [2.45, 2.75) is 11.6 Å². The molecule has 1 saturated heterocycles. The SMILES string of the molecule is CN1C=CC(/C=C/c2ccc(N3CCN(C(=O)CCSc4nccc[n+]4C)CC3)cc2)=CC1. The Bertz CT molecular complexity index is 1040. The van der Waals surface area contributed by atoms with E-state index in [-0.39, 0.29) is 5.91 Å². The van der Waals surface area contributed by atoms with Crippen LogP contribution in [0, 0.1) is 0 Å². The van der Waals surface area contributed by atoms with Crippen LogP contribution in [0.1, 0.15) is 12.0 Å². The van der Waals surface area contributed by atoms with Crippen molar-refractivity contribution in [3.63, 3.8) is 0 Å². The van der Waals surface area contributed by atoms with E-state index in [2.05, 4.69) is 76.6 Å². The number of amides is 1. The second kappa shape index (κ2) is 11.2. The second-order valence-corrected chi connectivity index (χ2v) is 9.43. The highest BCUT2D eigenvalue weighted by atomic mass is 32.2. The molecule has 1 aromatic carbocycles. The van der Waals surface area contributed by atoms with Gasteiger partial charge in [-0.2, -0.15) is 0 Å². The van der Waals surface area contributed by atoms with Gasteiger partial charge in [-0.15, -0.1) is 0 Å². The van der Waals surface area contributed by atoms with Gasteiger partial charge in [-0.05, 0) is 52.3 Å². The maximum absolute atomic E-state index is 12.6. The summed E-state index contributed by atoms with van der Waals surface area (Å²) in [5.41, 5.74) is 3.65. The van der Waals surface area contributed by atoms with Crippen LogP contribution in [0.5, 0.6) is 0 Å². The van der Waals surface area contributed by atoms with E-state index in [4.69, 9.17) is 0 Å². The van der Waals surface area contributed by atoms with Crippen LogP contribution in [0.25, 0.3) is 6.08 Å². The number of hydrogen-bond donors (Lipinski definition) is 0. The molecular formula is C26H32N5OS+. The zero-order chi connectivity index (χ0) is 23.0. The molecule has 0 unspecified atom stereocenters. The van der Waals surface area contributed by atoms with Crippen molar-refractivity contribution in [1.29, 1.82) is 0 Å². The number of likely N-dealkylation sites (N-methyl/N-ethyl adjacent to an activating group) is 1. The first-order valence-corrected chi connectivity index (χ1v) is 12.4. The highest BCUT2D eigenvalue weighted by Crippen LogP contribution is 2.20. The topological polar surface area (TPSA) is 43.6 Å². The molecule has 6 nitrogen and oxygen atoms in total. The van der Waals surface area contributed by atoms with Crippen LogP contribution in [0.3, 0.4) is 0 Å². The normalized spacial score (nSPS) is 16.4. The predicted molar refractivity (Wildman–Crippen MR) is 135 cm³/mol. The van der Waals surface area contributed by atoms with Gasteiger partial charge >= 0.3 is 5.16 Å². The Morgan fingerprint density at radius 3 is 2.64 bits per heavy atom. The highest BCUT2D eigenvalue weighted by molar-refractivity contribution is 7.99. The van der Waals surface area contributed by atoms with Crippen molar-refractivity contribution < 1.29 is 9.36 Å². The highest BCUT2D eigenvalue weighted by Gasteiger charge is 2.21. The van der Waals surface area contributed by atoms with Gasteiger partial charge in [-0.25, -0.2) is 4.57 Å². The van der Waals surface area contributed by atoms with Gasteiger partial charge in [0.05, 0.1) is 13.2 Å². The molecule has 0 atom stereocenters. The monoisotopic (exact) mass is 462 g/mol. The number of hydrogen-bond acceptors (Lipinski definition) is 5. The first-order valence-electron chi connectivity index (χ1n) is 11.4. The van der Waals surface area contributed by atoms with Crippen molar-refractivity contribution >= 4 is 29.4 Å². The molecule has 3 heterocycles. The molecule has 172 valence electrons. The molecule has 33 heavy (non-hydrogen) atoms. The lowest BCUT2D eigenvalue weighted by molar-refractivity contribution is -0.713. The molecule has 4 rings (SSSR count). The van der Waals surface area contributed by atoms with Gasteiger partial charge in [-0.3, -0.25) is 4.79 Å². The molecule has 0 spiro atoms. The van der Waals surface area contributed by atoms with E-state index in [0.29, 0.717) is 6.42 Å². The molecule has 0 radical (unpaired) electrons. The summed E-state index contributed by atoms with van der Waals surface area (Å²) in [6, 6.07) is 10.6. The van der Waals surface area contributed by atoms with Crippen LogP contribution < -0.4 is 9.47 Å². The van der Waals surface area contributed by atoms with Gasteiger partial charge < -0.3 is 14.7 Å². The fourth-order valence-corrected chi connectivity index (χ4v) is 4.73. The minimum atomic E-state index is 0.235. The van der Waals surface area contributed by atoms with Crippen molar-refractivity contribution in [3.8, 4) is 0 Å². The number of carbonyl (C=O) groups excluding carboxylic acids is 1. The first-order chi connectivity index (χ1) is 16.1.